The third-order valence-corrected chi connectivity index (χ3v) is 3.80. The Morgan fingerprint density at radius 3 is 1.90 bits per heavy atom. The molecule has 20 heavy (non-hydrogen) atoms. The number of piperidine rings is 1. The highest BCUT2D eigenvalue weighted by atomic mass is 16.2. The van der Waals surface area contributed by atoms with Crippen LogP contribution in [0.1, 0.15) is 33.6 Å². The Labute approximate surface area is 119 Å². The molecule has 3 heteroatoms. The van der Waals surface area contributed by atoms with E-state index in [4.69, 9.17) is 0 Å². The van der Waals surface area contributed by atoms with Crippen molar-refractivity contribution in [2.75, 3.05) is 0 Å². The van der Waals surface area contributed by atoms with Gasteiger partial charge in [-0.25, -0.2) is 0 Å². The lowest BCUT2D eigenvalue weighted by molar-refractivity contribution is -0.126. The topological polar surface area (TPSA) is 46.2 Å². The Morgan fingerprint density at radius 1 is 0.900 bits per heavy atom. The predicted octanol–water partition coefficient (Wildman–Crippen LogP) is 3.13. The molecule has 1 saturated carbocycles. The van der Waals surface area contributed by atoms with E-state index in [0.29, 0.717) is 11.1 Å². The fourth-order valence-electron chi connectivity index (χ4n) is 2.82. The maximum absolute atomic E-state index is 12.1. The summed E-state index contributed by atoms with van der Waals surface area (Å²) in [6.07, 6.45) is 7.34. The van der Waals surface area contributed by atoms with Gasteiger partial charge >= 0.3 is 0 Å². The average molecular weight is 269 g/mol. The molecule has 1 saturated heterocycles. The van der Waals surface area contributed by atoms with Crippen molar-refractivity contribution in [1.82, 2.24) is 5.32 Å². The summed E-state index contributed by atoms with van der Waals surface area (Å²) in [5, 5.41) is 2.38. The Hall–Kier alpha value is -2.16. The van der Waals surface area contributed by atoms with Crippen molar-refractivity contribution in [2.45, 2.75) is 33.6 Å². The van der Waals surface area contributed by atoms with Crippen molar-refractivity contribution in [1.29, 1.82) is 0 Å². The Morgan fingerprint density at radius 2 is 1.45 bits per heavy atom. The molecule has 104 valence electrons. The number of amides is 2. The molecule has 0 atom stereocenters. The van der Waals surface area contributed by atoms with Crippen LogP contribution >= 0.6 is 0 Å². The molecule has 2 rings (SSSR count). The van der Waals surface area contributed by atoms with Crippen molar-refractivity contribution < 1.29 is 9.59 Å². The highest BCUT2D eigenvalue weighted by molar-refractivity contribution is 6.20. The largest absolute Gasteiger partial charge is 0.288 e. The second kappa shape index (κ2) is 5.45. The summed E-state index contributed by atoms with van der Waals surface area (Å²) >= 11 is 0. The minimum absolute atomic E-state index is 0.333. The van der Waals surface area contributed by atoms with Crippen LogP contribution in [-0.2, 0) is 9.59 Å². The van der Waals surface area contributed by atoms with Crippen LogP contribution in [0.25, 0.3) is 0 Å². The molecule has 2 aliphatic rings. The molecule has 0 bridgehead atoms. The lowest BCUT2D eigenvalue weighted by Crippen LogP contribution is -2.39. The Bertz CT molecular complexity index is 595. The maximum atomic E-state index is 12.1. The molecular weight excluding hydrogens is 250 g/mol. The third kappa shape index (κ3) is 2.09. The molecule has 0 aromatic rings. The summed E-state index contributed by atoms with van der Waals surface area (Å²) in [4.78, 5) is 24.1. The fourth-order valence-corrected chi connectivity index (χ4v) is 2.82. The number of carbonyl (C=O) groups is 2. The standard InChI is InChI=1S/C17H19NO2/c1-5-11-9-8-10(4)14(11)15-12(6-2)16(19)18-17(20)13(15)7-3/h5-7H,4,8-9H2,1-3H3,(H,18,19,20)/b11-5-,12-6+,13-7+. The second-order valence-corrected chi connectivity index (χ2v) is 4.86. The van der Waals surface area contributed by atoms with E-state index in [-0.39, 0.29) is 11.8 Å². The zero-order valence-electron chi connectivity index (χ0n) is 12.2. The molecule has 1 aliphatic heterocycles. The summed E-state index contributed by atoms with van der Waals surface area (Å²) in [6.45, 7) is 9.70. The van der Waals surface area contributed by atoms with Gasteiger partial charge in [0.2, 0.25) is 0 Å². The first-order valence-corrected chi connectivity index (χ1v) is 6.82. The summed E-state index contributed by atoms with van der Waals surface area (Å²) in [7, 11) is 0. The molecule has 3 nitrogen and oxygen atoms in total. The van der Waals surface area contributed by atoms with Gasteiger partial charge in [0.05, 0.1) is 0 Å². The van der Waals surface area contributed by atoms with Gasteiger partial charge in [-0.1, -0.05) is 24.8 Å². The Balaban J connectivity index is 2.80. The smallest absolute Gasteiger partial charge is 0.258 e. The summed E-state index contributed by atoms with van der Waals surface area (Å²) in [5.41, 5.74) is 4.96. The van der Waals surface area contributed by atoms with Gasteiger partial charge in [0.25, 0.3) is 11.8 Å². The zero-order chi connectivity index (χ0) is 14.9. The van der Waals surface area contributed by atoms with Crippen LogP contribution in [0.15, 0.2) is 58.2 Å². The predicted molar refractivity (Wildman–Crippen MR) is 79.8 cm³/mol. The highest BCUT2D eigenvalue weighted by Gasteiger charge is 2.34. The van der Waals surface area contributed by atoms with Gasteiger partial charge in [-0.05, 0) is 50.3 Å². The number of carbonyl (C=O) groups excluding carboxylic acids is 2. The zero-order valence-corrected chi connectivity index (χ0v) is 12.2. The molecule has 1 aliphatic carbocycles. The van der Waals surface area contributed by atoms with E-state index in [9.17, 15) is 9.59 Å². The van der Waals surface area contributed by atoms with Crippen LogP contribution < -0.4 is 5.32 Å². The van der Waals surface area contributed by atoms with E-state index in [1.165, 1.54) is 0 Å². The number of hydrogen-bond acceptors (Lipinski definition) is 2. The number of rotatable bonds is 0. The molecule has 0 aromatic heterocycles. The number of nitrogens with one attached hydrogen (secondary N) is 1. The van der Waals surface area contributed by atoms with Crippen LogP contribution in [0.4, 0.5) is 0 Å². The van der Waals surface area contributed by atoms with Crippen molar-refractivity contribution in [3.8, 4) is 0 Å². The van der Waals surface area contributed by atoms with Crippen molar-refractivity contribution in [2.24, 2.45) is 0 Å². The van der Waals surface area contributed by atoms with Gasteiger partial charge in [-0.2, -0.15) is 0 Å². The van der Waals surface area contributed by atoms with Crippen LogP contribution in [-0.4, -0.2) is 11.8 Å². The lowest BCUT2D eigenvalue weighted by Gasteiger charge is -2.23. The van der Waals surface area contributed by atoms with Crippen LogP contribution in [0.2, 0.25) is 0 Å². The molecule has 1 heterocycles. The van der Waals surface area contributed by atoms with Crippen molar-refractivity contribution in [3.63, 3.8) is 0 Å². The molecular formula is C17H19NO2. The highest BCUT2D eigenvalue weighted by Crippen LogP contribution is 2.41. The molecule has 0 spiro atoms. The maximum Gasteiger partial charge on any atom is 0.258 e. The van der Waals surface area contributed by atoms with Gasteiger partial charge in [-0.3, -0.25) is 14.9 Å². The van der Waals surface area contributed by atoms with E-state index in [1.54, 1.807) is 12.2 Å². The first kappa shape index (κ1) is 14.3. The van der Waals surface area contributed by atoms with Gasteiger partial charge in [0.15, 0.2) is 0 Å². The monoisotopic (exact) mass is 269 g/mol. The number of imide groups is 1. The van der Waals surface area contributed by atoms with Crippen LogP contribution in [0.5, 0.6) is 0 Å². The average Bonchev–Trinajstić information content (AvgIpc) is 2.78. The van der Waals surface area contributed by atoms with Crippen molar-refractivity contribution >= 4 is 11.8 Å². The lowest BCUT2D eigenvalue weighted by atomic mass is 9.85. The van der Waals surface area contributed by atoms with E-state index in [0.717, 1.165) is 35.1 Å². The molecule has 2 amide bonds. The van der Waals surface area contributed by atoms with Crippen LogP contribution in [0.3, 0.4) is 0 Å². The first-order valence-electron chi connectivity index (χ1n) is 6.82. The van der Waals surface area contributed by atoms with Gasteiger partial charge < -0.3 is 0 Å². The van der Waals surface area contributed by atoms with E-state index in [1.807, 2.05) is 26.8 Å². The quantitative estimate of drug-likeness (QED) is 0.542. The van der Waals surface area contributed by atoms with E-state index in [2.05, 4.69) is 11.9 Å². The molecule has 0 aromatic carbocycles. The second-order valence-electron chi connectivity index (χ2n) is 4.86. The van der Waals surface area contributed by atoms with Gasteiger partial charge in [-0.15, -0.1) is 0 Å². The minimum atomic E-state index is -0.333. The van der Waals surface area contributed by atoms with Crippen molar-refractivity contribution in [3.05, 3.63) is 58.2 Å². The van der Waals surface area contributed by atoms with Gasteiger partial charge in [0, 0.05) is 16.7 Å². The normalized spacial score (nSPS) is 26.1. The first-order chi connectivity index (χ1) is 9.54. The Kier molecular flexibility index (Phi) is 3.89. The van der Waals surface area contributed by atoms with Crippen LogP contribution in [0, 0.1) is 0 Å². The number of hydrogen-bond donors (Lipinski definition) is 1. The summed E-state index contributed by atoms with van der Waals surface area (Å²) < 4.78 is 0. The van der Waals surface area contributed by atoms with E-state index < -0.39 is 0 Å². The van der Waals surface area contributed by atoms with Gasteiger partial charge in [0.1, 0.15) is 0 Å². The van der Waals surface area contributed by atoms with E-state index >= 15 is 0 Å². The molecule has 1 N–H and O–H groups in total. The minimum Gasteiger partial charge on any atom is -0.288 e. The summed E-state index contributed by atoms with van der Waals surface area (Å²) in [6, 6.07) is 0. The SMILES string of the molecule is C=C1CC/C(=C/C)C1=C1/C(=C\C)C(=O)NC(=O)/C1=C/C. The summed E-state index contributed by atoms with van der Waals surface area (Å²) in [5.74, 6) is -0.665. The molecule has 0 unspecified atom stereocenters. The molecule has 0 radical (unpaired) electrons. The third-order valence-electron chi connectivity index (χ3n) is 3.80. The molecule has 2 fully saturated rings. The number of allylic oxidation sites excluding steroid dienone is 6. The fraction of sp³-hybridized carbons (Fsp3) is 0.294.